The molecule has 0 rings (SSSR count). The van der Waals surface area contributed by atoms with Crippen LogP contribution >= 0.6 is 0 Å². The van der Waals surface area contributed by atoms with Crippen molar-refractivity contribution in [3.63, 3.8) is 0 Å². The van der Waals surface area contributed by atoms with Gasteiger partial charge in [-0.25, -0.2) is 0 Å². The lowest BCUT2D eigenvalue weighted by atomic mass is 9.97. The van der Waals surface area contributed by atoms with E-state index in [1.807, 2.05) is 13.8 Å². The van der Waals surface area contributed by atoms with Crippen LogP contribution in [-0.2, 0) is 19.2 Å². The average Bonchev–Trinajstić information content (AvgIpc) is 2.69. The van der Waals surface area contributed by atoms with Gasteiger partial charge in [0.15, 0.2) is 0 Å². The minimum atomic E-state index is -1.18. The lowest BCUT2D eigenvalue weighted by molar-refractivity contribution is -0.142. The summed E-state index contributed by atoms with van der Waals surface area (Å²) in [5.41, 5.74) is 11.5. The first-order valence-corrected chi connectivity index (χ1v) is 10.6. The fraction of sp³-hybridized carbons (Fsp3) is 0.800. The van der Waals surface area contributed by atoms with Gasteiger partial charge in [-0.05, 0) is 44.6 Å². The highest BCUT2D eigenvalue weighted by Gasteiger charge is 2.31. The average molecular weight is 430 g/mol. The van der Waals surface area contributed by atoms with E-state index in [1.54, 1.807) is 13.8 Å². The molecule has 0 bridgehead atoms. The van der Waals surface area contributed by atoms with Crippen LogP contribution in [0.25, 0.3) is 0 Å². The van der Waals surface area contributed by atoms with Crippen LogP contribution in [0.5, 0.6) is 0 Å². The van der Waals surface area contributed by atoms with Gasteiger partial charge in [0.05, 0.1) is 6.04 Å². The third kappa shape index (κ3) is 9.53. The second kappa shape index (κ2) is 13.9. The molecule has 30 heavy (non-hydrogen) atoms. The van der Waals surface area contributed by atoms with Gasteiger partial charge in [0.1, 0.15) is 18.1 Å². The molecule has 0 radical (unpaired) electrons. The molecule has 8 N–H and O–H groups in total. The van der Waals surface area contributed by atoms with Gasteiger partial charge in [-0.1, -0.05) is 34.1 Å². The number of amides is 3. The topological polar surface area (TPSA) is 177 Å². The van der Waals surface area contributed by atoms with Crippen molar-refractivity contribution in [2.75, 3.05) is 6.54 Å². The van der Waals surface area contributed by atoms with Crippen molar-refractivity contribution in [2.24, 2.45) is 23.3 Å². The summed E-state index contributed by atoms with van der Waals surface area (Å²) in [5.74, 6) is -3.02. The van der Waals surface area contributed by atoms with E-state index in [2.05, 4.69) is 16.0 Å². The highest BCUT2D eigenvalue weighted by atomic mass is 16.4. The number of rotatable bonds is 14. The molecule has 3 amide bonds. The maximum atomic E-state index is 12.9. The first kappa shape index (κ1) is 27.8. The predicted molar refractivity (Wildman–Crippen MR) is 114 cm³/mol. The minimum absolute atomic E-state index is 0.0480. The van der Waals surface area contributed by atoms with Crippen LogP contribution in [0.4, 0.5) is 0 Å². The normalized spacial score (nSPS) is 16.1. The number of carboxylic acid groups (broad SMARTS) is 1. The number of carbonyl (C=O) groups is 4. The van der Waals surface area contributed by atoms with Gasteiger partial charge in [-0.2, -0.15) is 0 Å². The van der Waals surface area contributed by atoms with Crippen molar-refractivity contribution in [1.29, 1.82) is 0 Å². The third-order valence-corrected chi connectivity index (χ3v) is 5.12. The van der Waals surface area contributed by atoms with Crippen LogP contribution in [0.2, 0.25) is 0 Å². The molecule has 10 nitrogen and oxygen atoms in total. The molecule has 0 saturated heterocycles. The fourth-order valence-electron chi connectivity index (χ4n) is 2.70. The van der Waals surface area contributed by atoms with Crippen molar-refractivity contribution in [1.82, 2.24) is 16.0 Å². The van der Waals surface area contributed by atoms with E-state index in [0.717, 1.165) is 6.42 Å². The predicted octanol–water partition coefficient (Wildman–Crippen LogP) is -0.296. The van der Waals surface area contributed by atoms with E-state index in [0.29, 0.717) is 25.8 Å². The van der Waals surface area contributed by atoms with Crippen molar-refractivity contribution < 1.29 is 24.3 Å². The first-order chi connectivity index (χ1) is 14.0. The summed E-state index contributed by atoms with van der Waals surface area (Å²) in [7, 11) is 0. The largest absolute Gasteiger partial charge is 0.480 e. The Balaban J connectivity index is 5.29. The Morgan fingerprint density at radius 1 is 0.900 bits per heavy atom. The number of hydrogen-bond donors (Lipinski definition) is 6. The van der Waals surface area contributed by atoms with Gasteiger partial charge >= 0.3 is 5.97 Å². The summed E-state index contributed by atoms with van der Waals surface area (Å²) in [6.45, 7) is 9.10. The molecular weight excluding hydrogens is 390 g/mol. The molecule has 0 heterocycles. The molecular formula is C20H39N5O5. The molecule has 0 aliphatic rings. The highest BCUT2D eigenvalue weighted by molar-refractivity contribution is 5.94. The Labute approximate surface area is 178 Å². The van der Waals surface area contributed by atoms with E-state index >= 15 is 0 Å². The Morgan fingerprint density at radius 2 is 1.50 bits per heavy atom. The number of hydrogen-bond acceptors (Lipinski definition) is 6. The molecule has 0 fully saturated rings. The van der Waals surface area contributed by atoms with Gasteiger partial charge in [0.2, 0.25) is 17.7 Å². The summed E-state index contributed by atoms with van der Waals surface area (Å²) in [6, 6.07) is -3.66. The molecule has 174 valence electrons. The lowest BCUT2D eigenvalue weighted by Gasteiger charge is -2.27. The summed E-state index contributed by atoms with van der Waals surface area (Å²) in [6.07, 6.45) is 2.25. The minimum Gasteiger partial charge on any atom is -0.480 e. The van der Waals surface area contributed by atoms with Crippen molar-refractivity contribution >= 4 is 23.7 Å². The zero-order valence-electron chi connectivity index (χ0n) is 18.7. The number of nitrogens with two attached hydrogens (primary N) is 2. The molecule has 0 aromatic carbocycles. The van der Waals surface area contributed by atoms with Crippen LogP contribution in [0, 0.1) is 11.8 Å². The maximum absolute atomic E-state index is 12.9. The van der Waals surface area contributed by atoms with E-state index in [4.69, 9.17) is 16.6 Å². The van der Waals surface area contributed by atoms with Crippen LogP contribution in [-0.4, -0.2) is 59.5 Å². The lowest BCUT2D eigenvalue weighted by Crippen LogP contribution is -2.58. The number of unbranched alkanes of at least 4 members (excludes halogenated alkanes) is 1. The van der Waals surface area contributed by atoms with Gasteiger partial charge in [0.25, 0.3) is 0 Å². The molecule has 0 aliphatic heterocycles. The van der Waals surface area contributed by atoms with Crippen molar-refractivity contribution in [3.8, 4) is 0 Å². The van der Waals surface area contributed by atoms with E-state index in [-0.39, 0.29) is 11.8 Å². The standard InChI is InChI=1S/C20H39N5O5/c1-6-12(4)15(22)18(27)25-16(11(2)3)19(28)24-14(9-7-8-10-21)17(26)23-13(5)20(29)30/h11-16H,6-10,21-22H2,1-5H3,(H,23,26)(H,24,28)(H,25,27)(H,29,30). The number of nitrogens with one attached hydrogen (secondary N) is 3. The highest BCUT2D eigenvalue weighted by Crippen LogP contribution is 2.09. The Morgan fingerprint density at radius 3 is 1.97 bits per heavy atom. The van der Waals surface area contributed by atoms with Gasteiger partial charge < -0.3 is 32.5 Å². The van der Waals surface area contributed by atoms with Crippen molar-refractivity contribution in [3.05, 3.63) is 0 Å². The fourth-order valence-corrected chi connectivity index (χ4v) is 2.70. The molecule has 10 heteroatoms. The molecule has 0 spiro atoms. The van der Waals surface area contributed by atoms with Gasteiger partial charge in [-0.3, -0.25) is 19.2 Å². The molecule has 0 aromatic heterocycles. The number of aliphatic carboxylic acids is 1. The van der Waals surface area contributed by atoms with E-state index in [1.165, 1.54) is 6.92 Å². The van der Waals surface area contributed by atoms with Crippen LogP contribution in [0.15, 0.2) is 0 Å². The first-order valence-electron chi connectivity index (χ1n) is 10.6. The molecule has 0 saturated carbocycles. The summed E-state index contributed by atoms with van der Waals surface area (Å²) < 4.78 is 0. The van der Waals surface area contributed by atoms with Gasteiger partial charge in [0, 0.05) is 0 Å². The van der Waals surface area contributed by atoms with Crippen molar-refractivity contribution in [2.45, 2.75) is 84.5 Å². The molecule has 5 atom stereocenters. The Hall–Kier alpha value is -2.20. The Bertz CT molecular complexity index is 584. The second-order valence-electron chi connectivity index (χ2n) is 8.06. The monoisotopic (exact) mass is 429 g/mol. The second-order valence-corrected chi connectivity index (χ2v) is 8.06. The van der Waals surface area contributed by atoms with E-state index < -0.39 is 47.9 Å². The summed E-state index contributed by atoms with van der Waals surface area (Å²) in [4.78, 5) is 48.8. The third-order valence-electron chi connectivity index (χ3n) is 5.12. The van der Waals surface area contributed by atoms with Crippen LogP contribution in [0.1, 0.15) is 60.3 Å². The summed E-state index contributed by atoms with van der Waals surface area (Å²) >= 11 is 0. The zero-order chi connectivity index (χ0) is 23.4. The summed E-state index contributed by atoms with van der Waals surface area (Å²) in [5, 5.41) is 16.7. The van der Waals surface area contributed by atoms with Crippen LogP contribution < -0.4 is 27.4 Å². The Kier molecular flexibility index (Phi) is 12.9. The smallest absolute Gasteiger partial charge is 0.325 e. The van der Waals surface area contributed by atoms with Crippen LogP contribution in [0.3, 0.4) is 0 Å². The maximum Gasteiger partial charge on any atom is 0.325 e. The zero-order valence-corrected chi connectivity index (χ0v) is 18.7. The van der Waals surface area contributed by atoms with Gasteiger partial charge in [-0.15, -0.1) is 0 Å². The number of carboxylic acids is 1. The number of carbonyl (C=O) groups excluding carboxylic acids is 3. The molecule has 0 aliphatic carbocycles. The van der Waals surface area contributed by atoms with E-state index in [9.17, 15) is 19.2 Å². The SMILES string of the molecule is CCC(C)C(N)C(=O)NC(C(=O)NC(CCCCN)C(=O)NC(C)C(=O)O)C(C)C. The quantitative estimate of drug-likeness (QED) is 0.205. The molecule has 0 aromatic rings. The molecule has 5 unspecified atom stereocenters.